The van der Waals surface area contributed by atoms with E-state index in [1.54, 1.807) is 11.3 Å². The van der Waals surface area contributed by atoms with Gasteiger partial charge in [-0.3, -0.25) is 4.98 Å². The summed E-state index contributed by atoms with van der Waals surface area (Å²) in [5.41, 5.74) is 3.65. The Kier molecular flexibility index (Phi) is 4.66. The van der Waals surface area contributed by atoms with Crippen LogP contribution in [0.2, 0.25) is 0 Å². The van der Waals surface area contributed by atoms with Crippen molar-refractivity contribution >= 4 is 11.3 Å². The molecule has 0 aliphatic carbocycles. The zero-order valence-corrected chi connectivity index (χ0v) is 12.8. The summed E-state index contributed by atoms with van der Waals surface area (Å²) in [4.78, 5) is 10.1. The maximum atomic E-state index is 4.55. The Morgan fingerprint density at radius 3 is 2.68 bits per heavy atom. The molecule has 0 bridgehead atoms. The van der Waals surface area contributed by atoms with Crippen LogP contribution in [0.15, 0.2) is 18.5 Å². The molecule has 0 saturated carbocycles. The van der Waals surface area contributed by atoms with Gasteiger partial charge in [0.2, 0.25) is 0 Å². The first-order valence-electron chi connectivity index (χ1n) is 6.71. The van der Waals surface area contributed by atoms with Gasteiger partial charge in [-0.15, -0.1) is 11.3 Å². The third-order valence-electron chi connectivity index (χ3n) is 3.19. The fraction of sp³-hybridized carbons (Fsp3) is 0.467. The van der Waals surface area contributed by atoms with Gasteiger partial charge in [0, 0.05) is 17.3 Å². The highest BCUT2D eigenvalue weighted by molar-refractivity contribution is 7.11. The second-order valence-corrected chi connectivity index (χ2v) is 6.04. The SMILES string of the molecule is CCCNC(c1cnccc1C)c1sc(C)nc1C. The molecule has 1 atom stereocenters. The molecule has 3 nitrogen and oxygen atoms in total. The van der Waals surface area contributed by atoms with Crippen molar-refractivity contribution in [1.29, 1.82) is 0 Å². The minimum absolute atomic E-state index is 0.208. The van der Waals surface area contributed by atoms with Gasteiger partial charge in [-0.1, -0.05) is 6.92 Å². The molecule has 0 aromatic carbocycles. The molecule has 0 aliphatic rings. The van der Waals surface area contributed by atoms with Crippen LogP contribution in [-0.2, 0) is 0 Å². The summed E-state index contributed by atoms with van der Waals surface area (Å²) in [6, 6.07) is 2.28. The van der Waals surface area contributed by atoms with E-state index >= 15 is 0 Å². The first-order chi connectivity index (χ1) is 9.13. The molecule has 0 saturated heterocycles. The average molecular weight is 275 g/mol. The highest BCUT2D eigenvalue weighted by atomic mass is 32.1. The van der Waals surface area contributed by atoms with Crippen LogP contribution in [0, 0.1) is 20.8 Å². The zero-order valence-electron chi connectivity index (χ0n) is 12.0. The molecule has 0 spiro atoms. The molecule has 102 valence electrons. The van der Waals surface area contributed by atoms with Crippen LogP contribution < -0.4 is 5.32 Å². The van der Waals surface area contributed by atoms with Crippen molar-refractivity contribution < 1.29 is 0 Å². The molecular formula is C15H21N3S. The molecule has 0 fully saturated rings. The fourth-order valence-corrected chi connectivity index (χ4v) is 3.25. The van der Waals surface area contributed by atoms with Crippen LogP contribution in [0.4, 0.5) is 0 Å². The minimum Gasteiger partial charge on any atom is -0.305 e. The molecule has 2 aromatic heterocycles. The normalized spacial score (nSPS) is 12.6. The van der Waals surface area contributed by atoms with Gasteiger partial charge in [-0.25, -0.2) is 4.98 Å². The van der Waals surface area contributed by atoms with Gasteiger partial charge < -0.3 is 5.32 Å². The van der Waals surface area contributed by atoms with Crippen LogP contribution in [0.5, 0.6) is 0 Å². The van der Waals surface area contributed by atoms with E-state index in [1.807, 2.05) is 12.4 Å². The maximum Gasteiger partial charge on any atom is 0.0900 e. The van der Waals surface area contributed by atoms with Crippen LogP contribution in [0.1, 0.15) is 46.1 Å². The Labute approximate surface area is 119 Å². The van der Waals surface area contributed by atoms with Crippen LogP contribution in [0.3, 0.4) is 0 Å². The standard InChI is InChI=1S/C15H21N3S/c1-5-7-17-14(13-9-16-8-6-10(13)2)15-11(3)18-12(4)19-15/h6,8-9,14,17H,5,7H2,1-4H3. The summed E-state index contributed by atoms with van der Waals surface area (Å²) in [5, 5.41) is 4.75. The van der Waals surface area contributed by atoms with E-state index in [0.717, 1.165) is 23.7 Å². The van der Waals surface area contributed by atoms with Gasteiger partial charge >= 0.3 is 0 Å². The van der Waals surface area contributed by atoms with E-state index in [1.165, 1.54) is 16.0 Å². The molecule has 2 rings (SSSR count). The predicted molar refractivity (Wildman–Crippen MR) is 80.7 cm³/mol. The van der Waals surface area contributed by atoms with E-state index in [0.29, 0.717) is 0 Å². The molecule has 19 heavy (non-hydrogen) atoms. The fourth-order valence-electron chi connectivity index (χ4n) is 2.23. The number of aryl methyl sites for hydroxylation is 3. The van der Waals surface area contributed by atoms with Crippen molar-refractivity contribution in [2.75, 3.05) is 6.54 Å². The quantitative estimate of drug-likeness (QED) is 0.906. The molecule has 0 radical (unpaired) electrons. The highest BCUT2D eigenvalue weighted by Gasteiger charge is 2.20. The van der Waals surface area contributed by atoms with E-state index in [4.69, 9.17) is 0 Å². The lowest BCUT2D eigenvalue weighted by molar-refractivity contribution is 0.598. The molecule has 4 heteroatoms. The molecule has 1 unspecified atom stereocenters. The summed E-state index contributed by atoms with van der Waals surface area (Å²) in [5.74, 6) is 0. The average Bonchev–Trinajstić information content (AvgIpc) is 2.71. The lowest BCUT2D eigenvalue weighted by Crippen LogP contribution is -2.24. The summed E-state index contributed by atoms with van der Waals surface area (Å²) >= 11 is 1.78. The number of aromatic nitrogens is 2. The summed E-state index contributed by atoms with van der Waals surface area (Å²) in [6.45, 7) is 9.47. The minimum atomic E-state index is 0.208. The van der Waals surface area contributed by atoms with Gasteiger partial charge in [0.1, 0.15) is 0 Å². The van der Waals surface area contributed by atoms with E-state index < -0.39 is 0 Å². The first-order valence-corrected chi connectivity index (χ1v) is 7.53. The van der Waals surface area contributed by atoms with Gasteiger partial charge in [0.25, 0.3) is 0 Å². The zero-order chi connectivity index (χ0) is 13.8. The van der Waals surface area contributed by atoms with Gasteiger partial charge in [-0.2, -0.15) is 0 Å². The lowest BCUT2D eigenvalue weighted by atomic mass is 10.0. The summed E-state index contributed by atoms with van der Waals surface area (Å²) in [6.07, 6.45) is 4.93. The van der Waals surface area contributed by atoms with Crippen molar-refractivity contribution in [3.63, 3.8) is 0 Å². The molecule has 2 aromatic rings. The molecule has 1 N–H and O–H groups in total. The molecule has 0 aliphatic heterocycles. The Balaban J connectivity index is 2.41. The van der Waals surface area contributed by atoms with E-state index in [9.17, 15) is 0 Å². The Bertz CT molecular complexity index is 548. The maximum absolute atomic E-state index is 4.55. The highest BCUT2D eigenvalue weighted by Crippen LogP contribution is 2.31. The topological polar surface area (TPSA) is 37.8 Å². The smallest absolute Gasteiger partial charge is 0.0900 e. The van der Waals surface area contributed by atoms with Crippen molar-refractivity contribution in [1.82, 2.24) is 15.3 Å². The Morgan fingerprint density at radius 2 is 2.11 bits per heavy atom. The monoisotopic (exact) mass is 275 g/mol. The molecular weight excluding hydrogens is 254 g/mol. The van der Waals surface area contributed by atoms with E-state index in [2.05, 4.69) is 49.0 Å². The predicted octanol–water partition coefficient (Wildman–Crippen LogP) is 3.55. The number of pyridine rings is 1. The lowest BCUT2D eigenvalue weighted by Gasteiger charge is -2.19. The van der Waals surface area contributed by atoms with Crippen molar-refractivity contribution in [3.05, 3.63) is 45.2 Å². The first kappa shape index (κ1) is 14.2. The number of thiazole rings is 1. The van der Waals surface area contributed by atoms with Crippen molar-refractivity contribution in [3.8, 4) is 0 Å². The summed E-state index contributed by atoms with van der Waals surface area (Å²) < 4.78 is 0. The molecule has 0 amide bonds. The number of nitrogens with zero attached hydrogens (tertiary/aromatic N) is 2. The largest absolute Gasteiger partial charge is 0.305 e. The Morgan fingerprint density at radius 1 is 1.32 bits per heavy atom. The van der Waals surface area contributed by atoms with Crippen molar-refractivity contribution in [2.45, 2.75) is 40.2 Å². The number of hydrogen-bond acceptors (Lipinski definition) is 4. The second kappa shape index (κ2) is 6.26. The number of hydrogen-bond donors (Lipinski definition) is 1. The second-order valence-electron chi connectivity index (χ2n) is 4.80. The molecule has 2 heterocycles. The van der Waals surface area contributed by atoms with Crippen LogP contribution >= 0.6 is 11.3 Å². The number of rotatable bonds is 5. The van der Waals surface area contributed by atoms with Gasteiger partial charge in [0.15, 0.2) is 0 Å². The van der Waals surface area contributed by atoms with E-state index in [-0.39, 0.29) is 6.04 Å². The Hall–Kier alpha value is -1.26. The number of nitrogens with one attached hydrogen (secondary N) is 1. The third-order valence-corrected chi connectivity index (χ3v) is 4.33. The summed E-state index contributed by atoms with van der Waals surface area (Å²) in [7, 11) is 0. The van der Waals surface area contributed by atoms with Gasteiger partial charge in [0.05, 0.1) is 16.7 Å². The van der Waals surface area contributed by atoms with Crippen LogP contribution in [-0.4, -0.2) is 16.5 Å². The van der Waals surface area contributed by atoms with Crippen LogP contribution in [0.25, 0.3) is 0 Å². The third kappa shape index (κ3) is 3.19. The van der Waals surface area contributed by atoms with Crippen molar-refractivity contribution in [2.24, 2.45) is 0 Å². The van der Waals surface area contributed by atoms with Gasteiger partial charge in [-0.05, 0) is 50.9 Å².